The Morgan fingerprint density at radius 2 is 1.88 bits per heavy atom. The molecule has 0 saturated carbocycles. The van der Waals surface area contributed by atoms with Crippen molar-refractivity contribution in [2.45, 2.75) is 44.1 Å². The highest BCUT2D eigenvalue weighted by molar-refractivity contribution is 5.89. The lowest BCUT2D eigenvalue weighted by Gasteiger charge is -2.35. The molecule has 3 amide bonds. The Bertz CT molecular complexity index is 1050. The maximum Gasteiger partial charge on any atom is 0.319 e. The number of nitrogens with one attached hydrogen (secondary N) is 3. The van der Waals surface area contributed by atoms with E-state index in [-0.39, 0.29) is 31.4 Å². The van der Waals surface area contributed by atoms with Gasteiger partial charge in [-0.15, -0.1) is 0 Å². The Balaban J connectivity index is 1.23. The topological polar surface area (TPSA) is 118 Å². The summed E-state index contributed by atoms with van der Waals surface area (Å²) < 4.78 is 43.4. The zero-order valence-corrected chi connectivity index (χ0v) is 18.2. The van der Waals surface area contributed by atoms with Crippen LogP contribution in [-0.2, 0) is 16.1 Å². The van der Waals surface area contributed by atoms with Gasteiger partial charge in [-0.1, -0.05) is 6.07 Å². The molecule has 1 fully saturated rings. The van der Waals surface area contributed by atoms with Gasteiger partial charge in [0, 0.05) is 12.6 Å². The minimum absolute atomic E-state index is 0.0917. The molecule has 4 N–H and O–H groups in total. The molecule has 0 spiro atoms. The van der Waals surface area contributed by atoms with Crippen LogP contribution < -0.4 is 25.4 Å². The van der Waals surface area contributed by atoms with Crippen LogP contribution in [0.4, 0.5) is 19.3 Å². The zero-order valence-electron chi connectivity index (χ0n) is 18.2. The van der Waals surface area contributed by atoms with Gasteiger partial charge in [-0.25, -0.2) is 13.6 Å². The molecule has 4 rings (SSSR count). The Hall–Kier alpha value is -3.44. The van der Waals surface area contributed by atoms with Gasteiger partial charge >= 0.3 is 6.03 Å². The fourth-order valence-corrected chi connectivity index (χ4v) is 3.90. The third kappa shape index (κ3) is 5.91. The van der Waals surface area contributed by atoms with E-state index in [9.17, 15) is 23.5 Å². The lowest BCUT2D eigenvalue weighted by molar-refractivity contribution is -0.130. The van der Waals surface area contributed by atoms with Crippen molar-refractivity contribution in [2.24, 2.45) is 0 Å². The number of halogens is 2. The maximum atomic E-state index is 13.7. The van der Waals surface area contributed by atoms with E-state index in [0.717, 1.165) is 23.8 Å². The minimum atomic E-state index is -0.776. The second-order valence-electron chi connectivity index (χ2n) is 8.05. The first-order valence-electron chi connectivity index (χ1n) is 10.9. The predicted octanol–water partition coefficient (Wildman–Crippen LogP) is 2.43. The molecule has 0 bridgehead atoms. The number of carbonyl (C=O) groups excluding carboxylic acids is 2. The van der Waals surface area contributed by atoms with Crippen LogP contribution in [0.1, 0.15) is 24.8 Å². The summed E-state index contributed by atoms with van der Waals surface area (Å²) in [7, 11) is 0. The number of carbonyl (C=O) groups is 2. The highest BCUT2D eigenvalue weighted by atomic mass is 19.1. The lowest BCUT2D eigenvalue weighted by atomic mass is 9.97. The quantitative estimate of drug-likeness (QED) is 0.487. The van der Waals surface area contributed by atoms with Crippen LogP contribution in [0.15, 0.2) is 36.4 Å². The summed E-state index contributed by atoms with van der Waals surface area (Å²) in [6, 6.07) is 6.84. The van der Waals surface area contributed by atoms with E-state index in [0.29, 0.717) is 30.9 Å². The Morgan fingerprint density at radius 3 is 2.71 bits per heavy atom. The van der Waals surface area contributed by atoms with E-state index < -0.39 is 35.9 Å². The Kier molecular flexibility index (Phi) is 7.43. The Labute approximate surface area is 194 Å². The molecule has 2 aromatic rings. The smallest absolute Gasteiger partial charge is 0.319 e. The normalized spacial score (nSPS) is 21.1. The summed E-state index contributed by atoms with van der Waals surface area (Å²) in [5, 5.41) is 17.4. The third-order valence-electron chi connectivity index (χ3n) is 5.63. The molecule has 0 aliphatic carbocycles. The number of ether oxygens (including phenoxy) is 3. The molecule has 2 aliphatic heterocycles. The molecule has 11 heteroatoms. The maximum absolute atomic E-state index is 13.7. The van der Waals surface area contributed by atoms with Gasteiger partial charge in [0.25, 0.3) is 0 Å². The van der Waals surface area contributed by atoms with E-state index in [1.165, 1.54) is 0 Å². The molecule has 9 nitrogen and oxygen atoms in total. The highest BCUT2D eigenvalue weighted by Gasteiger charge is 2.33. The van der Waals surface area contributed by atoms with E-state index in [2.05, 4.69) is 16.0 Å². The second-order valence-corrected chi connectivity index (χ2v) is 8.05. The summed E-state index contributed by atoms with van der Waals surface area (Å²) in [5.74, 6) is -0.382. The van der Waals surface area contributed by atoms with E-state index in [1.54, 1.807) is 12.1 Å². The fraction of sp³-hybridized carbons (Fsp3) is 0.391. The van der Waals surface area contributed by atoms with Gasteiger partial charge in [0.1, 0.15) is 17.7 Å². The average Bonchev–Trinajstić information content (AvgIpc) is 3.29. The molecule has 2 heterocycles. The summed E-state index contributed by atoms with van der Waals surface area (Å²) in [5.41, 5.74) is 0.562. The molecule has 2 aliphatic rings. The molecular weight excluding hydrogens is 452 g/mol. The van der Waals surface area contributed by atoms with Gasteiger partial charge in [0.2, 0.25) is 12.7 Å². The standard InChI is InChI=1S/C23H25F2N3O6/c24-14-2-4-16(25)18(8-14)28-23(31)27-17-5-3-15(34-21(17)11-29)9-22(30)26-10-13-1-6-19-20(7-13)33-12-32-19/h1-2,4,6-8,15,17,21,29H,3,5,9-12H2,(H,26,30)(H2,27,28,31)/t15-,17-,21+/m1/s1. The highest BCUT2D eigenvalue weighted by Crippen LogP contribution is 2.32. The first kappa shape index (κ1) is 23.7. The van der Waals surface area contributed by atoms with Gasteiger partial charge < -0.3 is 35.3 Å². The van der Waals surface area contributed by atoms with Crippen LogP contribution in [0.25, 0.3) is 0 Å². The third-order valence-corrected chi connectivity index (χ3v) is 5.63. The van der Waals surface area contributed by atoms with Crippen molar-refractivity contribution in [3.63, 3.8) is 0 Å². The summed E-state index contributed by atoms with van der Waals surface area (Å²) in [4.78, 5) is 24.6. The van der Waals surface area contributed by atoms with Crippen molar-refractivity contribution in [2.75, 3.05) is 18.7 Å². The van der Waals surface area contributed by atoms with Crippen molar-refractivity contribution in [1.82, 2.24) is 10.6 Å². The van der Waals surface area contributed by atoms with E-state index in [1.807, 2.05) is 6.07 Å². The molecule has 2 aromatic carbocycles. The number of aliphatic hydroxyl groups excluding tert-OH is 1. The number of benzene rings is 2. The van der Waals surface area contributed by atoms with Crippen molar-refractivity contribution >= 4 is 17.6 Å². The molecule has 0 unspecified atom stereocenters. The van der Waals surface area contributed by atoms with Crippen molar-refractivity contribution in [1.29, 1.82) is 0 Å². The minimum Gasteiger partial charge on any atom is -0.454 e. The largest absolute Gasteiger partial charge is 0.454 e. The van der Waals surface area contributed by atoms with Crippen LogP contribution in [0, 0.1) is 11.6 Å². The number of fused-ring (bicyclic) bond motifs is 1. The van der Waals surface area contributed by atoms with Gasteiger partial charge in [0.15, 0.2) is 11.5 Å². The number of aliphatic hydroxyl groups is 1. The number of hydrogen-bond acceptors (Lipinski definition) is 6. The van der Waals surface area contributed by atoms with Crippen LogP contribution in [0.2, 0.25) is 0 Å². The second kappa shape index (κ2) is 10.7. The van der Waals surface area contributed by atoms with Crippen LogP contribution in [0.3, 0.4) is 0 Å². The van der Waals surface area contributed by atoms with Gasteiger partial charge in [-0.05, 0) is 42.7 Å². The number of rotatable bonds is 7. The summed E-state index contributed by atoms with van der Waals surface area (Å²) in [6.45, 7) is 0.108. The SMILES string of the molecule is O=C(C[C@H]1CC[C@@H](NC(=O)Nc2cc(F)ccc2F)[C@H](CO)O1)NCc1ccc2c(c1)OCO2. The predicted molar refractivity (Wildman–Crippen MR) is 116 cm³/mol. The van der Waals surface area contributed by atoms with E-state index >= 15 is 0 Å². The Morgan fingerprint density at radius 1 is 1.06 bits per heavy atom. The summed E-state index contributed by atoms with van der Waals surface area (Å²) in [6.07, 6.45) is -0.189. The monoisotopic (exact) mass is 477 g/mol. The average molecular weight is 477 g/mol. The van der Waals surface area contributed by atoms with Crippen molar-refractivity contribution < 1.29 is 37.7 Å². The number of hydrogen-bond donors (Lipinski definition) is 4. The first-order valence-corrected chi connectivity index (χ1v) is 10.9. The van der Waals surface area contributed by atoms with Crippen LogP contribution >= 0.6 is 0 Å². The molecular formula is C23H25F2N3O6. The summed E-state index contributed by atoms with van der Waals surface area (Å²) >= 11 is 0. The van der Waals surface area contributed by atoms with Gasteiger partial charge in [0.05, 0.1) is 30.9 Å². The van der Waals surface area contributed by atoms with Gasteiger partial charge in [-0.3, -0.25) is 4.79 Å². The molecule has 0 radical (unpaired) electrons. The molecule has 3 atom stereocenters. The van der Waals surface area contributed by atoms with Gasteiger partial charge in [-0.2, -0.15) is 0 Å². The van der Waals surface area contributed by atoms with Crippen molar-refractivity contribution in [3.8, 4) is 11.5 Å². The van der Waals surface area contributed by atoms with E-state index in [4.69, 9.17) is 14.2 Å². The van der Waals surface area contributed by atoms with Crippen LogP contribution in [0.5, 0.6) is 11.5 Å². The molecule has 0 aromatic heterocycles. The number of anilines is 1. The lowest BCUT2D eigenvalue weighted by Crippen LogP contribution is -2.52. The molecule has 1 saturated heterocycles. The molecule has 182 valence electrons. The molecule has 34 heavy (non-hydrogen) atoms. The first-order chi connectivity index (χ1) is 16.4. The van der Waals surface area contributed by atoms with Crippen molar-refractivity contribution in [3.05, 3.63) is 53.6 Å². The number of amides is 3. The fourth-order valence-electron chi connectivity index (χ4n) is 3.90. The zero-order chi connectivity index (χ0) is 24.1. The number of urea groups is 1. The van der Waals surface area contributed by atoms with Crippen LogP contribution in [-0.4, -0.2) is 48.7 Å².